The van der Waals surface area contributed by atoms with Crippen molar-refractivity contribution in [1.29, 1.82) is 0 Å². The average Bonchev–Trinajstić information content (AvgIpc) is 2.92. The molecular weight excluding hydrogens is 282 g/mol. The van der Waals surface area contributed by atoms with E-state index >= 15 is 0 Å². The number of carbonyl (C=O) groups is 1. The fourth-order valence-electron chi connectivity index (χ4n) is 2.76. The van der Waals surface area contributed by atoms with Crippen LogP contribution >= 0.6 is 0 Å². The minimum absolute atomic E-state index is 0.000900. The molecule has 0 saturated heterocycles. The number of rotatable bonds is 6. The molecule has 0 radical (unpaired) electrons. The summed E-state index contributed by atoms with van der Waals surface area (Å²) in [5.41, 5.74) is -0.471. The Hall–Kier alpha value is -1.41. The fourth-order valence-corrected chi connectivity index (χ4v) is 3.82. The third-order valence-electron chi connectivity index (χ3n) is 3.86. The molecule has 112 valence electrons. The summed E-state index contributed by atoms with van der Waals surface area (Å²) >= 11 is 0. The smallest absolute Gasteiger partial charge is 0.303 e. The molecule has 0 amide bonds. The number of hydrogen-bond donors (Lipinski definition) is 3. The quantitative estimate of drug-likeness (QED) is 0.728. The van der Waals surface area contributed by atoms with Crippen LogP contribution in [0.5, 0.6) is 0 Å². The molecule has 2 rings (SSSR count). The first-order valence-corrected chi connectivity index (χ1v) is 8.12. The SMILES string of the molecule is O=C(O)CC1(CNS(=O)(=O)c2cn[nH]c2)CCCCC1. The van der Waals surface area contributed by atoms with Gasteiger partial charge in [0.25, 0.3) is 0 Å². The lowest BCUT2D eigenvalue weighted by Gasteiger charge is -2.36. The van der Waals surface area contributed by atoms with Crippen molar-refractivity contribution in [2.24, 2.45) is 5.41 Å². The van der Waals surface area contributed by atoms with Gasteiger partial charge in [-0.25, -0.2) is 13.1 Å². The molecule has 1 heterocycles. The van der Waals surface area contributed by atoms with Crippen LogP contribution in [0.25, 0.3) is 0 Å². The lowest BCUT2D eigenvalue weighted by Crippen LogP contribution is -2.40. The highest BCUT2D eigenvalue weighted by molar-refractivity contribution is 7.89. The molecule has 0 bridgehead atoms. The Bertz CT molecular complexity index is 547. The third-order valence-corrected chi connectivity index (χ3v) is 5.23. The van der Waals surface area contributed by atoms with Crippen molar-refractivity contribution >= 4 is 16.0 Å². The monoisotopic (exact) mass is 301 g/mol. The molecule has 0 spiro atoms. The van der Waals surface area contributed by atoms with E-state index in [2.05, 4.69) is 14.9 Å². The molecule has 1 saturated carbocycles. The number of carboxylic acid groups (broad SMARTS) is 1. The fraction of sp³-hybridized carbons (Fsp3) is 0.667. The lowest BCUT2D eigenvalue weighted by molar-refractivity contribution is -0.140. The molecule has 1 aromatic rings. The zero-order chi connectivity index (χ0) is 14.6. The summed E-state index contributed by atoms with van der Waals surface area (Å²) in [5.74, 6) is -0.880. The summed E-state index contributed by atoms with van der Waals surface area (Å²) in [6, 6.07) is 0. The van der Waals surface area contributed by atoms with E-state index in [1.54, 1.807) is 0 Å². The van der Waals surface area contributed by atoms with Crippen LogP contribution in [-0.2, 0) is 14.8 Å². The second kappa shape index (κ2) is 5.92. The molecule has 3 N–H and O–H groups in total. The van der Waals surface area contributed by atoms with Gasteiger partial charge in [0.15, 0.2) is 0 Å². The van der Waals surface area contributed by atoms with E-state index in [1.807, 2.05) is 0 Å². The highest BCUT2D eigenvalue weighted by Crippen LogP contribution is 2.39. The van der Waals surface area contributed by atoms with Crippen molar-refractivity contribution in [3.05, 3.63) is 12.4 Å². The molecule has 0 aliphatic heterocycles. The number of aromatic amines is 1. The van der Waals surface area contributed by atoms with Crippen LogP contribution < -0.4 is 4.72 Å². The maximum atomic E-state index is 12.0. The number of nitrogens with zero attached hydrogens (tertiary/aromatic N) is 1. The van der Waals surface area contributed by atoms with Gasteiger partial charge in [0.05, 0.1) is 12.6 Å². The first kappa shape index (κ1) is 15.0. The van der Waals surface area contributed by atoms with Gasteiger partial charge in [0, 0.05) is 12.7 Å². The van der Waals surface area contributed by atoms with Crippen LogP contribution in [0.15, 0.2) is 17.3 Å². The molecule has 8 heteroatoms. The van der Waals surface area contributed by atoms with Gasteiger partial charge in [0.2, 0.25) is 10.0 Å². The van der Waals surface area contributed by atoms with Crippen LogP contribution in [0.3, 0.4) is 0 Å². The maximum absolute atomic E-state index is 12.0. The standard InChI is InChI=1S/C12H19N3O4S/c16-11(17)6-12(4-2-1-3-5-12)9-15-20(18,19)10-7-13-14-8-10/h7-8,15H,1-6,9H2,(H,13,14)(H,16,17). The van der Waals surface area contributed by atoms with Gasteiger partial charge in [-0.1, -0.05) is 19.3 Å². The van der Waals surface area contributed by atoms with Crippen molar-refractivity contribution in [1.82, 2.24) is 14.9 Å². The molecule has 1 aliphatic carbocycles. The molecule has 1 aromatic heterocycles. The minimum Gasteiger partial charge on any atom is -0.481 e. The first-order valence-electron chi connectivity index (χ1n) is 6.64. The van der Waals surface area contributed by atoms with Crippen molar-refractivity contribution < 1.29 is 18.3 Å². The lowest BCUT2D eigenvalue weighted by atomic mass is 9.72. The number of hydrogen-bond acceptors (Lipinski definition) is 4. The summed E-state index contributed by atoms with van der Waals surface area (Å²) < 4.78 is 26.6. The third kappa shape index (κ3) is 3.57. The van der Waals surface area contributed by atoms with Crippen molar-refractivity contribution in [2.45, 2.75) is 43.4 Å². The zero-order valence-corrected chi connectivity index (χ0v) is 11.9. The van der Waals surface area contributed by atoms with E-state index in [4.69, 9.17) is 5.11 Å². The van der Waals surface area contributed by atoms with Crippen molar-refractivity contribution in [3.63, 3.8) is 0 Å². The molecule has 7 nitrogen and oxygen atoms in total. The molecule has 1 aliphatic rings. The maximum Gasteiger partial charge on any atom is 0.303 e. The van der Waals surface area contributed by atoms with Crippen molar-refractivity contribution in [3.8, 4) is 0 Å². The summed E-state index contributed by atoms with van der Waals surface area (Å²) in [4.78, 5) is 11.1. The van der Waals surface area contributed by atoms with Gasteiger partial charge in [-0.2, -0.15) is 5.10 Å². The summed E-state index contributed by atoms with van der Waals surface area (Å²) in [6.45, 7) is 0.160. The van der Waals surface area contributed by atoms with E-state index in [0.29, 0.717) is 0 Å². The molecule has 0 aromatic carbocycles. The van der Waals surface area contributed by atoms with Crippen molar-refractivity contribution in [2.75, 3.05) is 6.54 Å². The molecule has 0 unspecified atom stereocenters. The molecule has 20 heavy (non-hydrogen) atoms. The highest BCUT2D eigenvalue weighted by atomic mass is 32.2. The Morgan fingerprint density at radius 1 is 1.40 bits per heavy atom. The normalized spacial score (nSPS) is 18.8. The van der Waals surface area contributed by atoms with Gasteiger partial charge >= 0.3 is 5.97 Å². The predicted octanol–water partition coefficient (Wildman–Crippen LogP) is 1.11. The molecular formula is C12H19N3O4S. The van der Waals surface area contributed by atoms with Crippen LogP contribution in [0.2, 0.25) is 0 Å². The highest BCUT2D eigenvalue weighted by Gasteiger charge is 2.35. The van der Waals surface area contributed by atoms with Gasteiger partial charge < -0.3 is 5.11 Å². The summed E-state index contributed by atoms with van der Waals surface area (Å²) in [6.07, 6.45) is 6.98. The van der Waals surface area contributed by atoms with Gasteiger partial charge in [0.1, 0.15) is 4.90 Å². The number of nitrogens with one attached hydrogen (secondary N) is 2. The summed E-state index contributed by atoms with van der Waals surface area (Å²) in [7, 11) is -3.63. The van der Waals surface area contributed by atoms with Gasteiger partial charge in [-0.15, -0.1) is 0 Å². The first-order chi connectivity index (χ1) is 9.44. The van der Waals surface area contributed by atoms with Gasteiger partial charge in [-0.3, -0.25) is 9.89 Å². The predicted molar refractivity (Wildman–Crippen MR) is 71.5 cm³/mol. The Labute approximate surface area is 117 Å². The zero-order valence-electron chi connectivity index (χ0n) is 11.1. The van der Waals surface area contributed by atoms with Crippen LogP contribution in [0.4, 0.5) is 0 Å². The van der Waals surface area contributed by atoms with Crippen LogP contribution in [-0.4, -0.2) is 36.2 Å². The Morgan fingerprint density at radius 2 is 2.10 bits per heavy atom. The second-order valence-corrected chi connectivity index (χ2v) is 7.16. The number of H-pyrrole nitrogens is 1. The number of aliphatic carboxylic acids is 1. The van der Waals surface area contributed by atoms with E-state index in [0.717, 1.165) is 32.1 Å². The van der Waals surface area contributed by atoms with E-state index < -0.39 is 21.4 Å². The minimum atomic E-state index is -3.63. The van der Waals surface area contributed by atoms with Gasteiger partial charge in [-0.05, 0) is 18.3 Å². The van der Waals surface area contributed by atoms with E-state index in [-0.39, 0.29) is 17.9 Å². The second-order valence-electron chi connectivity index (χ2n) is 5.39. The summed E-state index contributed by atoms with van der Waals surface area (Å²) in [5, 5.41) is 15.1. The van der Waals surface area contributed by atoms with Crippen LogP contribution in [0, 0.1) is 5.41 Å². The van der Waals surface area contributed by atoms with E-state index in [9.17, 15) is 13.2 Å². The Balaban J connectivity index is 2.07. The number of carboxylic acids is 1. The molecule has 0 atom stereocenters. The molecule has 1 fully saturated rings. The Kier molecular flexibility index (Phi) is 4.44. The number of aromatic nitrogens is 2. The van der Waals surface area contributed by atoms with Crippen LogP contribution in [0.1, 0.15) is 38.5 Å². The van der Waals surface area contributed by atoms with E-state index in [1.165, 1.54) is 12.4 Å². The topological polar surface area (TPSA) is 112 Å². The number of sulfonamides is 1. The Morgan fingerprint density at radius 3 is 2.65 bits per heavy atom. The average molecular weight is 301 g/mol. The largest absolute Gasteiger partial charge is 0.481 e.